The van der Waals surface area contributed by atoms with Crippen LogP contribution < -0.4 is 10.2 Å². The molecule has 0 saturated heterocycles. The van der Waals surface area contributed by atoms with Crippen LogP contribution in [0.25, 0.3) is 0 Å². The number of esters is 2. The molecule has 0 fully saturated rings. The molecule has 0 saturated carbocycles. The molecule has 11 nitrogen and oxygen atoms in total. The zero-order chi connectivity index (χ0) is 41.0. The highest BCUT2D eigenvalue weighted by molar-refractivity contribution is 7.81. The number of hydrogen-bond donors (Lipinski definition) is 3. The van der Waals surface area contributed by atoms with Crippen molar-refractivity contribution in [3.05, 3.63) is 0 Å². The van der Waals surface area contributed by atoms with Gasteiger partial charge in [0.1, 0.15) is 26.4 Å². The summed E-state index contributed by atoms with van der Waals surface area (Å²) in [6.07, 6.45) is 4.39. The average molecular weight is 799 g/mol. The van der Waals surface area contributed by atoms with Crippen molar-refractivity contribution < 1.29 is 46.8 Å². The smallest absolute Gasteiger partial charge is 0.312 e. The normalized spacial score (nSPS) is 17.3. The van der Waals surface area contributed by atoms with Crippen LogP contribution in [0.15, 0.2) is 0 Å². The van der Waals surface area contributed by atoms with Gasteiger partial charge in [-0.3, -0.25) is 18.9 Å². The van der Waals surface area contributed by atoms with Crippen LogP contribution in [0.4, 0.5) is 0 Å². The summed E-state index contributed by atoms with van der Waals surface area (Å²) < 4.78 is 34.4. The zero-order valence-electron chi connectivity index (χ0n) is 35.2. The molecule has 0 aliphatic heterocycles. The van der Waals surface area contributed by atoms with E-state index in [1.165, 1.54) is 0 Å². The SMILES string of the molecule is CC(C)(C)CC(C)(C(=O)OCCNC(=O)CCCCC(S)CCS)C(C)(C)C(C)(C)C(C)(C(=O)OCCOP(=O)([O-])OCC[N+](C)(C)C)C(C)(C)C. The van der Waals surface area contributed by atoms with Crippen LogP contribution >= 0.6 is 33.1 Å². The summed E-state index contributed by atoms with van der Waals surface area (Å²) in [5, 5.41) is 3.15. The molecule has 52 heavy (non-hydrogen) atoms. The number of phosphoric ester groups is 1. The highest BCUT2D eigenvalue weighted by atomic mass is 32.1. The molecule has 4 atom stereocenters. The summed E-state index contributed by atoms with van der Waals surface area (Å²) in [5.41, 5.74) is -4.98. The number of amides is 1. The maximum atomic E-state index is 14.2. The maximum absolute atomic E-state index is 14.2. The van der Waals surface area contributed by atoms with Gasteiger partial charge in [0, 0.05) is 11.7 Å². The Morgan fingerprint density at radius 3 is 1.81 bits per heavy atom. The molecule has 0 spiro atoms. The summed E-state index contributed by atoms with van der Waals surface area (Å²) in [6.45, 7) is 23.7. The van der Waals surface area contributed by atoms with Gasteiger partial charge in [0.2, 0.25) is 5.91 Å². The minimum Gasteiger partial charge on any atom is -0.756 e. The molecular weight excluding hydrogens is 724 g/mol. The number of nitrogens with zero attached hydrogens (tertiary/aromatic N) is 1. The van der Waals surface area contributed by atoms with Crippen LogP contribution in [0.5, 0.6) is 0 Å². The molecule has 1 N–H and O–H groups in total. The van der Waals surface area contributed by atoms with Gasteiger partial charge < -0.3 is 33.2 Å². The topological polar surface area (TPSA) is 140 Å². The van der Waals surface area contributed by atoms with Crippen molar-refractivity contribution in [2.24, 2.45) is 32.5 Å². The summed E-state index contributed by atoms with van der Waals surface area (Å²) in [6, 6.07) is 0. The number of nitrogens with one attached hydrogen (secondary N) is 1. The van der Waals surface area contributed by atoms with Crippen LogP contribution in [0.1, 0.15) is 122 Å². The molecule has 0 aliphatic rings. The molecule has 4 unspecified atom stereocenters. The molecule has 14 heteroatoms. The number of likely N-dealkylation sites (N-methyl/N-ethyl adjacent to an activating group) is 1. The number of quaternary nitrogens is 1. The molecule has 0 bridgehead atoms. The van der Waals surface area contributed by atoms with Crippen molar-refractivity contribution >= 4 is 50.9 Å². The van der Waals surface area contributed by atoms with Crippen molar-refractivity contribution in [1.29, 1.82) is 0 Å². The van der Waals surface area contributed by atoms with Crippen molar-refractivity contribution in [1.82, 2.24) is 5.32 Å². The number of hydrogen-bond acceptors (Lipinski definition) is 11. The lowest BCUT2D eigenvalue weighted by Gasteiger charge is -2.62. The second-order valence-electron chi connectivity index (χ2n) is 18.9. The van der Waals surface area contributed by atoms with E-state index in [0.717, 1.165) is 31.4 Å². The minimum absolute atomic E-state index is 0.0165. The van der Waals surface area contributed by atoms with Crippen molar-refractivity contribution in [3.63, 3.8) is 0 Å². The van der Waals surface area contributed by atoms with Gasteiger partial charge in [0.15, 0.2) is 0 Å². The van der Waals surface area contributed by atoms with Crippen LogP contribution in [-0.2, 0) is 37.5 Å². The van der Waals surface area contributed by atoms with Crippen molar-refractivity contribution in [2.45, 2.75) is 127 Å². The highest BCUT2D eigenvalue weighted by Crippen LogP contribution is 2.66. The van der Waals surface area contributed by atoms with E-state index in [-0.39, 0.29) is 42.9 Å². The fourth-order valence-corrected chi connectivity index (χ4v) is 8.36. The van der Waals surface area contributed by atoms with E-state index in [9.17, 15) is 23.8 Å². The minimum atomic E-state index is -4.58. The van der Waals surface area contributed by atoms with E-state index in [1.54, 1.807) is 0 Å². The summed E-state index contributed by atoms with van der Waals surface area (Å²) in [5.74, 6) is -0.239. The monoisotopic (exact) mass is 798 g/mol. The Labute approximate surface area is 327 Å². The van der Waals surface area contributed by atoms with E-state index < -0.39 is 53.4 Å². The third-order valence-electron chi connectivity index (χ3n) is 11.3. The lowest BCUT2D eigenvalue weighted by Crippen LogP contribution is -2.63. The van der Waals surface area contributed by atoms with E-state index >= 15 is 0 Å². The molecule has 0 heterocycles. The van der Waals surface area contributed by atoms with E-state index in [2.05, 4.69) is 51.3 Å². The first-order valence-electron chi connectivity index (χ1n) is 18.6. The molecule has 0 aromatic carbocycles. The average Bonchev–Trinajstić information content (AvgIpc) is 2.96. The van der Waals surface area contributed by atoms with Gasteiger partial charge in [-0.05, 0) is 66.9 Å². The third kappa shape index (κ3) is 15.4. The standard InChI is InChI=1S/C38H75N2O9PS2/c1-33(2,3)28-37(11,31(42)46-23-21-39-30(41)19-17-16-18-29(52)20-27-51)35(7,8)36(9,10)38(12,34(4,5)6)32(43)47-25-26-49-50(44,45)48-24-22-40(13,14)15/h29H,16-28H2,1-15H3,(H3-,39,41,44,45,51,52). The Bertz CT molecular complexity index is 1190. The summed E-state index contributed by atoms with van der Waals surface area (Å²) in [4.78, 5) is 53.2. The van der Waals surface area contributed by atoms with Gasteiger partial charge in [0.25, 0.3) is 7.82 Å². The molecule has 0 radical (unpaired) electrons. The highest BCUT2D eigenvalue weighted by Gasteiger charge is 2.67. The molecular formula is C38H75N2O9PS2. The van der Waals surface area contributed by atoms with Gasteiger partial charge in [-0.15, -0.1) is 0 Å². The van der Waals surface area contributed by atoms with Gasteiger partial charge >= 0.3 is 11.9 Å². The lowest BCUT2D eigenvalue weighted by atomic mass is 9.41. The quantitative estimate of drug-likeness (QED) is 0.0306. The Hall–Kier alpha value is -0.820. The molecule has 0 aliphatic carbocycles. The maximum Gasteiger partial charge on any atom is 0.312 e. The predicted molar refractivity (Wildman–Crippen MR) is 214 cm³/mol. The fourth-order valence-electron chi connectivity index (χ4n) is 6.85. The number of unbranched alkanes of at least 4 members (excludes halogenated alkanes) is 1. The zero-order valence-corrected chi connectivity index (χ0v) is 37.9. The first kappa shape index (κ1) is 51.2. The van der Waals surface area contributed by atoms with Crippen LogP contribution in [0, 0.1) is 32.5 Å². The Morgan fingerprint density at radius 2 is 1.31 bits per heavy atom. The van der Waals surface area contributed by atoms with E-state index in [4.69, 9.17) is 18.5 Å². The lowest BCUT2D eigenvalue weighted by molar-refractivity contribution is -0.870. The molecule has 1 amide bonds. The summed E-state index contributed by atoms with van der Waals surface area (Å²) in [7, 11) is 1.17. The first-order chi connectivity index (χ1) is 23.3. The first-order valence-corrected chi connectivity index (χ1v) is 21.2. The molecule has 0 rings (SSSR count). The number of ether oxygens (including phenoxy) is 2. The van der Waals surface area contributed by atoms with Crippen LogP contribution in [-0.4, -0.2) is 94.0 Å². The van der Waals surface area contributed by atoms with Gasteiger partial charge in [-0.25, -0.2) is 0 Å². The molecule has 308 valence electrons. The number of phosphoric acid groups is 1. The van der Waals surface area contributed by atoms with E-state index in [0.29, 0.717) is 23.9 Å². The van der Waals surface area contributed by atoms with Gasteiger partial charge in [-0.1, -0.05) is 75.7 Å². The molecule has 0 aromatic rings. The third-order valence-corrected chi connectivity index (χ3v) is 13.1. The number of thiol groups is 2. The number of rotatable bonds is 24. The number of carbonyl (C=O) groups excluding carboxylic acids is 3. The summed E-state index contributed by atoms with van der Waals surface area (Å²) >= 11 is 8.78. The van der Waals surface area contributed by atoms with Gasteiger partial charge in [-0.2, -0.15) is 25.3 Å². The van der Waals surface area contributed by atoms with Gasteiger partial charge in [0.05, 0.1) is 45.1 Å². The Morgan fingerprint density at radius 1 is 0.769 bits per heavy atom. The van der Waals surface area contributed by atoms with Crippen LogP contribution in [0.3, 0.4) is 0 Å². The van der Waals surface area contributed by atoms with Crippen LogP contribution in [0.2, 0.25) is 0 Å². The second-order valence-corrected chi connectivity index (χ2v) is 21.4. The second kappa shape index (κ2) is 20.4. The Balaban J connectivity index is 5.94. The number of carbonyl (C=O) groups is 3. The van der Waals surface area contributed by atoms with Crippen molar-refractivity contribution in [2.75, 3.05) is 66.4 Å². The fraction of sp³-hybridized carbons (Fsp3) is 0.921. The van der Waals surface area contributed by atoms with Crippen molar-refractivity contribution in [3.8, 4) is 0 Å². The Kier molecular flexibility index (Phi) is 20.1. The predicted octanol–water partition coefficient (Wildman–Crippen LogP) is 7.12. The largest absolute Gasteiger partial charge is 0.756 e. The molecule has 0 aromatic heterocycles. The van der Waals surface area contributed by atoms with E-state index in [1.807, 2.05) is 83.5 Å².